The van der Waals surface area contributed by atoms with E-state index in [4.69, 9.17) is 9.84 Å². The van der Waals surface area contributed by atoms with Gasteiger partial charge in [0.1, 0.15) is 6.04 Å². The van der Waals surface area contributed by atoms with Gasteiger partial charge in [0.15, 0.2) is 0 Å². The van der Waals surface area contributed by atoms with Crippen molar-refractivity contribution in [2.45, 2.75) is 39.2 Å². The number of nitrogens with zero attached hydrogens (tertiary/aromatic N) is 2. The molecule has 0 spiro atoms. The number of carboxylic acid groups (broad SMARTS) is 1. The van der Waals surface area contributed by atoms with E-state index in [1.165, 1.54) is 7.11 Å². The molecule has 0 unspecified atom stereocenters. The van der Waals surface area contributed by atoms with Crippen molar-refractivity contribution in [3.63, 3.8) is 0 Å². The number of carbonyl (C=O) groups excluding carboxylic acids is 1. The minimum absolute atomic E-state index is 0.0592. The Kier molecular flexibility index (Phi) is 6.38. The molecular weight excluding hydrogens is 276 g/mol. The van der Waals surface area contributed by atoms with Crippen LogP contribution in [-0.4, -0.2) is 40.2 Å². The predicted octanol–water partition coefficient (Wildman–Crippen LogP) is 1.56. The van der Waals surface area contributed by atoms with Gasteiger partial charge in [-0.2, -0.15) is 4.98 Å². The van der Waals surface area contributed by atoms with Crippen molar-refractivity contribution in [2.24, 2.45) is 0 Å². The summed E-state index contributed by atoms with van der Waals surface area (Å²) >= 11 is 0. The second-order valence-corrected chi connectivity index (χ2v) is 4.51. The lowest BCUT2D eigenvalue weighted by molar-refractivity contribution is -0.139. The number of aryl methyl sites for hydroxylation is 1. The first kappa shape index (κ1) is 16.7. The third-order valence-electron chi connectivity index (χ3n) is 2.71. The number of carboxylic acids is 1. The summed E-state index contributed by atoms with van der Waals surface area (Å²) < 4.78 is 4.97. The van der Waals surface area contributed by atoms with Crippen molar-refractivity contribution >= 4 is 17.9 Å². The molecule has 2 amide bonds. The number of aromatic nitrogens is 2. The molecule has 0 aliphatic heterocycles. The summed E-state index contributed by atoms with van der Waals surface area (Å²) in [7, 11) is 1.46. The summed E-state index contributed by atoms with van der Waals surface area (Å²) in [5.41, 5.74) is 0.623. The van der Waals surface area contributed by atoms with Gasteiger partial charge in [-0.1, -0.05) is 19.8 Å². The van der Waals surface area contributed by atoms with Crippen LogP contribution in [0.2, 0.25) is 0 Å². The van der Waals surface area contributed by atoms with Crippen molar-refractivity contribution in [3.05, 3.63) is 11.8 Å². The van der Waals surface area contributed by atoms with Crippen LogP contribution in [0.3, 0.4) is 0 Å². The van der Waals surface area contributed by atoms with Crippen LogP contribution in [0.5, 0.6) is 5.88 Å². The third kappa shape index (κ3) is 5.64. The maximum atomic E-state index is 11.8. The fourth-order valence-electron chi connectivity index (χ4n) is 1.66. The van der Waals surface area contributed by atoms with Crippen molar-refractivity contribution < 1.29 is 19.4 Å². The smallest absolute Gasteiger partial charge is 0.326 e. The number of anilines is 1. The molecule has 0 radical (unpaired) electrons. The van der Waals surface area contributed by atoms with E-state index in [0.29, 0.717) is 24.4 Å². The van der Waals surface area contributed by atoms with Gasteiger partial charge < -0.3 is 15.2 Å². The topological polar surface area (TPSA) is 113 Å². The SMILES string of the molecule is CCCC[C@H](NC(=O)Nc1nc(C)cc(OC)n1)C(=O)O. The molecule has 1 heterocycles. The standard InChI is InChI=1S/C13H20N4O4/c1-4-5-6-9(11(18)19)15-13(20)17-12-14-8(2)7-10(16-12)21-3/h7,9H,4-6H2,1-3H3,(H,18,19)(H2,14,15,16,17,20)/t9-/m0/s1. The number of hydrogen-bond donors (Lipinski definition) is 3. The summed E-state index contributed by atoms with van der Waals surface area (Å²) in [5, 5.41) is 13.8. The fourth-order valence-corrected chi connectivity index (χ4v) is 1.66. The van der Waals surface area contributed by atoms with Crippen LogP contribution >= 0.6 is 0 Å². The number of carbonyl (C=O) groups is 2. The van der Waals surface area contributed by atoms with Crippen molar-refractivity contribution in [1.29, 1.82) is 0 Å². The highest BCUT2D eigenvalue weighted by Gasteiger charge is 2.19. The predicted molar refractivity (Wildman–Crippen MR) is 76.4 cm³/mol. The van der Waals surface area contributed by atoms with Crippen LogP contribution < -0.4 is 15.4 Å². The minimum atomic E-state index is -1.07. The molecule has 8 nitrogen and oxygen atoms in total. The van der Waals surface area contributed by atoms with Crippen LogP contribution in [-0.2, 0) is 4.79 Å². The molecule has 0 bridgehead atoms. The molecule has 1 rings (SSSR count). The number of amides is 2. The molecule has 1 aromatic heterocycles. The molecule has 3 N–H and O–H groups in total. The van der Waals surface area contributed by atoms with Gasteiger partial charge in [-0.25, -0.2) is 14.6 Å². The zero-order chi connectivity index (χ0) is 15.8. The number of aliphatic carboxylic acids is 1. The van der Waals surface area contributed by atoms with E-state index in [9.17, 15) is 9.59 Å². The van der Waals surface area contributed by atoms with Gasteiger partial charge in [-0.3, -0.25) is 5.32 Å². The maximum Gasteiger partial charge on any atom is 0.326 e. The lowest BCUT2D eigenvalue weighted by Gasteiger charge is -2.14. The van der Waals surface area contributed by atoms with Crippen LogP contribution in [0.15, 0.2) is 6.07 Å². The highest BCUT2D eigenvalue weighted by molar-refractivity contribution is 5.90. The number of urea groups is 1. The van der Waals surface area contributed by atoms with E-state index in [0.717, 1.165) is 6.42 Å². The molecule has 0 aliphatic rings. The molecule has 116 valence electrons. The molecule has 0 aliphatic carbocycles. The van der Waals surface area contributed by atoms with E-state index in [1.54, 1.807) is 13.0 Å². The number of hydrogen-bond acceptors (Lipinski definition) is 5. The van der Waals surface area contributed by atoms with Crippen LogP contribution in [0, 0.1) is 6.92 Å². The Labute approximate surface area is 122 Å². The lowest BCUT2D eigenvalue weighted by Crippen LogP contribution is -2.43. The van der Waals surface area contributed by atoms with Gasteiger partial charge in [-0.15, -0.1) is 0 Å². The molecule has 0 saturated carbocycles. The number of unbranched alkanes of at least 4 members (excludes halogenated alkanes) is 1. The second kappa shape index (κ2) is 8.03. The van der Waals surface area contributed by atoms with E-state index in [1.807, 2.05) is 6.92 Å². The van der Waals surface area contributed by atoms with E-state index in [-0.39, 0.29) is 5.95 Å². The van der Waals surface area contributed by atoms with Crippen LogP contribution in [0.25, 0.3) is 0 Å². The Bertz CT molecular complexity index is 507. The Morgan fingerprint density at radius 2 is 2.14 bits per heavy atom. The molecule has 21 heavy (non-hydrogen) atoms. The van der Waals surface area contributed by atoms with Crippen LogP contribution in [0.1, 0.15) is 31.9 Å². The maximum absolute atomic E-state index is 11.8. The van der Waals surface area contributed by atoms with Gasteiger partial charge in [0.25, 0.3) is 0 Å². The van der Waals surface area contributed by atoms with E-state index >= 15 is 0 Å². The van der Waals surface area contributed by atoms with Crippen molar-refractivity contribution in [1.82, 2.24) is 15.3 Å². The molecule has 1 atom stereocenters. The largest absolute Gasteiger partial charge is 0.481 e. The molecule has 8 heteroatoms. The minimum Gasteiger partial charge on any atom is -0.481 e. The second-order valence-electron chi connectivity index (χ2n) is 4.51. The highest BCUT2D eigenvalue weighted by atomic mass is 16.5. The average molecular weight is 296 g/mol. The number of methoxy groups -OCH3 is 1. The summed E-state index contributed by atoms with van der Waals surface area (Å²) in [6, 6.07) is 0.0208. The first-order valence-electron chi connectivity index (χ1n) is 6.66. The highest BCUT2D eigenvalue weighted by Crippen LogP contribution is 2.11. The van der Waals surface area contributed by atoms with Gasteiger partial charge in [0.2, 0.25) is 11.8 Å². The lowest BCUT2D eigenvalue weighted by atomic mass is 10.1. The van der Waals surface area contributed by atoms with E-state index < -0.39 is 18.0 Å². The summed E-state index contributed by atoms with van der Waals surface area (Å²) in [4.78, 5) is 30.8. The van der Waals surface area contributed by atoms with Crippen molar-refractivity contribution in [2.75, 3.05) is 12.4 Å². The Balaban J connectivity index is 2.67. The summed E-state index contributed by atoms with van der Waals surface area (Å²) in [6.07, 6.45) is 1.94. The molecule has 0 aromatic carbocycles. The van der Waals surface area contributed by atoms with Crippen molar-refractivity contribution in [3.8, 4) is 5.88 Å². The van der Waals surface area contributed by atoms with Gasteiger partial charge >= 0.3 is 12.0 Å². The molecular formula is C13H20N4O4. The monoisotopic (exact) mass is 296 g/mol. The van der Waals surface area contributed by atoms with Gasteiger partial charge in [0, 0.05) is 11.8 Å². The molecule has 0 fully saturated rings. The molecule has 1 aromatic rings. The Hall–Kier alpha value is -2.38. The Morgan fingerprint density at radius 3 is 2.71 bits per heavy atom. The number of ether oxygens (including phenoxy) is 1. The fraction of sp³-hybridized carbons (Fsp3) is 0.538. The average Bonchev–Trinajstić information content (AvgIpc) is 2.42. The first-order chi connectivity index (χ1) is 9.96. The van der Waals surface area contributed by atoms with Gasteiger partial charge in [-0.05, 0) is 13.3 Å². The quantitative estimate of drug-likeness (QED) is 0.703. The molecule has 0 saturated heterocycles. The number of nitrogens with one attached hydrogen (secondary N) is 2. The normalized spacial score (nSPS) is 11.6. The number of rotatable bonds is 7. The first-order valence-corrected chi connectivity index (χ1v) is 6.66. The zero-order valence-electron chi connectivity index (χ0n) is 12.3. The summed E-state index contributed by atoms with van der Waals surface area (Å²) in [5.74, 6) is -0.691. The van der Waals surface area contributed by atoms with Gasteiger partial charge in [0.05, 0.1) is 7.11 Å². The Morgan fingerprint density at radius 1 is 1.43 bits per heavy atom. The third-order valence-corrected chi connectivity index (χ3v) is 2.71. The van der Waals surface area contributed by atoms with Crippen LogP contribution in [0.4, 0.5) is 10.7 Å². The van der Waals surface area contributed by atoms with E-state index in [2.05, 4.69) is 20.6 Å². The zero-order valence-corrected chi connectivity index (χ0v) is 12.3. The summed E-state index contributed by atoms with van der Waals surface area (Å²) in [6.45, 7) is 3.68.